The van der Waals surface area contributed by atoms with Gasteiger partial charge in [-0.2, -0.15) is 5.26 Å². The summed E-state index contributed by atoms with van der Waals surface area (Å²) in [4.78, 5) is 32.6. The molecule has 0 aliphatic carbocycles. The number of H-pyrrole nitrogens is 1. The smallest absolute Gasteiger partial charge is 0.280 e. The molecule has 10 heteroatoms. The van der Waals surface area contributed by atoms with E-state index in [9.17, 15) is 18.4 Å². The minimum atomic E-state index is -2.99. The zero-order chi connectivity index (χ0) is 23.8. The highest BCUT2D eigenvalue weighted by Crippen LogP contribution is 2.23. The number of aromatic amines is 1. The van der Waals surface area contributed by atoms with Crippen LogP contribution in [0.25, 0.3) is 16.9 Å². The molecular formula is C23H22F2N6O2. The number of carbonyl (C=O) groups is 1. The molecule has 1 aliphatic heterocycles. The molecule has 8 nitrogen and oxygen atoms in total. The molecule has 0 spiro atoms. The third-order valence-electron chi connectivity index (χ3n) is 5.60. The average Bonchev–Trinajstić information content (AvgIpc) is 3.09. The van der Waals surface area contributed by atoms with Gasteiger partial charge in [0, 0.05) is 25.5 Å². The van der Waals surface area contributed by atoms with E-state index in [4.69, 9.17) is 5.26 Å². The predicted octanol–water partition coefficient (Wildman–Crippen LogP) is 2.43. The van der Waals surface area contributed by atoms with Gasteiger partial charge in [0.25, 0.3) is 17.4 Å². The lowest BCUT2D eigenvalue weighted by molar-refractivity contribution is -0.0310. The van der Waals surface area contributed by atoms with Gasteiger partial charge in [-0.15, -0.1) is 0 Å². The lowest BCUT2D eigenvalue weighted by Crippen LogP contribution is -2.41. The number of hydrogen-bond acceptors (Lipinski definition) is 5. The summed E-state index contributed by atoms with van der Waals surface area (Å²) in [6, 6.07) is 10.1. The van der Waals surface area contributed by atoms with Crippen molar-refractivity contribution < 1.29 is 13.6 Å². The highest BCUT2D eigenvalue weighted by molar-refractivity contribution is 5.94. The first-order valence-corrected chi connectivity index (χ1v) is 10.3. The molecule has 2 aromatic heterocycles. The Morgan fingerprint density at radius 2 is 1.97 bits per heavy atom. The fourth-order valence-electron chi connectivity index (χ4n) is 3.94. The summed E-state index contributed by atoms with van der Waals surface area (Å²) in [6.45, 7) is 1.31. The quantitative estimate of drug-likeness (QED) is 0.658. The van der Waals surface area contributed by atoms with E-state index in [0.717, 1.165) is 10.5 Å². The fraction of sp³-hybridized carbons (Fsp3) is 0.304. The molecule has 1 saturated heterocycles. The Hall–Kier alpha value is -3.84. The summed E-state index contributed by atoms with van der Waals surface area (Å²) in [5, 5.41) is 11.9. The van der Waals surface area contributed by atoms with Gasteiger partial charge in [0.2, 0.25) is 0 Å². The molecule has 0 atom stereocenters. The molecule has 1 fully saturated rings. The van der Waals surface area contributed by atoms with Gasteiger partial charge in [-0.25, -0.2) is 18.4 Å². The Morgan fingerprint density at radius 1 is 1.18 bits per heavy atom. The van der Waals surface area contributed by atoms with Gasteiger partial charge in [0.15, 0.2) is 5.82 Å². The van der Waals surface area contributed by atoms with E-state index >= 15 is 0 Å². The molecule has 1 aromatic carbocycles. The summed E-state index contributed by atoms with van der Waals surface area (Å²) in [7, 11) is 1.60. The monoisotopic (exact) mass is 452 g/mol. The molecule has 33 heavy (non-hydrogen) atoms. The first-order valence-electron chi connectivity index (χ1n) is 10.3. The van der Waals surface area contributed by atoms with E-state index in [-0.39, 0.29) is 23.5 Å². The van der Waals surface area contributed by atoms with Gasteiger partial charge in [-0.05, 0) is 49.4 Å². The third-order valence-corrected chi connectivity index (χ3v) is 5.60. The highest BCUT2D eigenvalue weighted by atomic mass is 19.3. The summed E-state index contributed by atoms with van der Waals surface area (Å²) in [5.74, 6) is -3.27. The van der Waals surface area contributed by atoms with Crippen molar-refractivity contribution in [1.29, 1.82) is 5.26 Å². The lowest BCUT2D eigenvalue weighted by atomic mass is 10.0. The number of rotatable bonds is 3. The Bertz CT molecular complexity index is 1290. The first kappa shape index (κ1) is 22.4. The Kier molecular flexibility index (Phi) is 5.82. The van der Waals surface area contributed by atoms with Gasteiger partial charge in [-0.3, -0.25) is 19.6 Å². The molecule has 3 aromatic rings. The number of nitrogens with one attached hydrogen (secondary N) is 1. The van der Waals surface area contributed by atoms with Crippen LogP contribution in [-0.2, 0) is 0 Å². The molecular weight excluding hydrogens is 430 g/mol. The molecule has 1 aliphatic rings. The van der Waals surface area contributed by atoms with Crippen molar-refractivity contribution in [3.05, 3.63) is 69.8 Å². The van der Waals surface area contributed by atoms with Crippen LogP contribution in [0.15, 0.2) is 47.5 Å². The van der Waals surface area contributed by atoms with Gasteiger partial charge in [-0.1, -0.05) is 6.07 Å². The Balaban J connectivity index is 1.58. The largest absolute Gasteiger partial charge is 0.331 e. The number of amides is 1. The van der Waals surface area contributed by atoms with Crippen molar-refractivity contribution in [1.82, 2.24) is 24.6 Å². The third kappa shape index (κ3) is 4.54. The number of alkyl halides is 2. The van der Waals surface area contributed by atoms with Crippen molar-refractivity contribution in [2.75, 3.05) is 33.2 Å². The van der Waals surface area contributed by atoms with E-state index in [0.29, 0.717) is 23.2 Å². The molecule has 0 unspecified atom stereocenters. The molecule has 170 valence electrons. The van der Waals surface area contributed by atoms with Crippen LogP contribution < -0.4 is 5.56 Å². The zero-order valence-corrected chi connectivity index (χ0v) is 18.2. The molecule has 1 N–H and O–H groups in total. The van der Waals surface area contributed by atoms with E-state index in [1.165, 1.54) is 27.9 Å². The summed E-state index contributed by atoms with van der Waals surface area (Å²) < 4.78 is 29.4. The number of aryl methyl sites for hydroxylation is 1. The number of hydrogen-bond donors (Lipinski definition) is 1. The van der Waals surface area contributed by atoms with Crippen molar-refractivity contribution in [3.8, 4) is 23.0 Å². The van der Waals surface area contributed by atoms with Gasteiger partial charge in [0.1, 0.15) is 0 Å². The average molecular weight is 452 g/mol. The van der Waals surface area contributed by atoms with Gasteiger partial charge in [0.05, 0.1) is 35.8 Å². The molecule has 0 radical (unpaired) electrons. The molecule has 0 saturated carbocycles. The lowest BCUT2D eigenvalue weighted by Gasteiger charge is -2.23. The van der Waals surface area contributed by atoms with Crippen LogP contribution in [0.1, 0.15) is 21.5 Å². The SMILES string of the molecule is Cc1cc(C#N)ccc1-c1c[nH]n(-c2ccc(C(=O)N3CCN(C)CC(F)(F)C3)cn2)c1=O. The number of benzene rings is 1. The number of nitriles is 1. The number of aromatic nitrogens is 3. The second-order valence-electron chi connectivity index (χ2n) is 8.19. The van der Waals surface area contributed by atoms with Crippen molar-refractivity contribution in [2.24, 2.45) is 0 Å². The molecule has 0 bridgehead atoms. The second-order valence-corrected chi connectivity index (χ2v) is 8.19. The fourth-order valence-corrected chi connectivity index (χ4v) is 3.94. The second kappa shape index (κ2) is 8.60. The minimum Gasteiger partial charge on any atom is -0.331 e. The number of halogens is 2. The molecule has 3 heterocycles. The standard InChI is InChI=1S/C23H22F2N6O2/c1-15-9-16(10-26)3-5-18(15)19-12-28-31(22(19)33)20-6-4-17(11-27-20)21(32)30-8-7-29(2)13-23(24,25)14-30/h3-6,9,11-12,28H,7-8,13-14H2,1-2H3. The van der Waals surface area contributed by atoms with Crippen LogP contribution in [0, 0.1) is 18.3 Å². The Morgan fingerprint density at radius 3 is 2.64 bits per heavy atom. The predicted molar refractivity (Wildman–Crippen MR) is 117 cm³/mol. The maximum Gasteiger partial charge on any atom is 0.280 e. The van der Waals surface area contributed by atoms with E-state index in [1.54, 1.807) is 31.4 Å². The Labute approximate surface area is 188 Å². The number of pyridine rings is 1. The van der Waals surface area contributed by atoms with Crippen LogP contribution in [-0.4, -0.2) is 69.6 Å². The van der Waals surface area contributed by atoms with Crippen LogP contribution in [0.2, 0.25) is 0 Å². The maximum absolute atomic E-state index is 14.1. The highest BCUT2D eigenvalue weighted by Gasteiger charge is 2.37. The minimum absolute atomic E-state index is 0.168. The van der Waals surface area contributed by atoms with Crippen LogP contribution in [0.3, 0.4) is 0 Å². The first-order chi connectivity index (χ1) is 15.7. The van der Waals surface area contributed by atoms with Crippen molar-refractivity contribution in [2.45, 2.75) is 12.8 Å². The van der Waals surface area contributed by atoms with Gasteiger partial charge < -0.3 is 4.90 Å². The van der Waals surface area contributed by atoms with E-state index in [2.05, 4.69) is 16.2 Å². The maximum atomic E-state index is 14.1. The summed E-state index contributed by atoms with van der Waals surface area (Å²) in [5.41, 5.74) is 2.21. The van der Waals surface area contributed by atoms with E-state index < -0.39 is 24.9 Å². The summed E-state index contributed by atoms with van der Waals surface area (Å²) >= 11 is 0. The zero-order valence-electron chi connectivity index (χ0n) is 18.2. The van der Waals surface area contributed by atoms with Crippen molar-refractivity contribution >= 4 is 5.91 Å². The topological polar surface area (TPSA) is 98.0 Å². The van der Waals surface area contributed by atoms with Crippen LogP contribution >= 0.6 is 0 Å². The normalized spacial score (nSPS) is 16.3. The van der Waals surface area contributed by atoms with Crippen molar-refractivity contribution in [3.63, 3.8) is 0 Å². The van der Waals surface area contributed by atoms with E-state index in [1.807, 2.05) is 6.92 Å². The molecule has 1 amide bonds. The summed E-state index contributed by atoms with van der Waals surface area (Å²) in [6.07, 6.45) is 2.83. The van der Waals surface area contributed by atoms with Crippen LogP contribution in [0.5, 0.6) is 0 Å². The number of carbonyl (C=O) groups excluding carboxylic acids is 1. The van der Waals surface area contributed by atoms with Crippen LogP contribution in [0.4, 0.5) is 8.78 Å². The number of nitrogens with zero attached hydrogens (tertiary/aromatic N) is 5. The number of likely N-dealkylation sites (N-methyl/N-ethyl adjacent to an activating group) is 1. The van der Waals surface area contributed by atoms with Gasteiger partial charge >= 0.3 is 0 Å². The molecule has 4 rings (SSSR count).